The van der Waals surface area contributed by atoms with E-state index in [-0.39, 0.29) is 11.4 Å². The average molecular weight is 159 g/mol. The summed E-state index contributed by atoms with van der Waals surface area (Å²) >= 11 is 0. The molecule has 0 amide bonds. The van der Waals surface area contributed by atoms with Crippen molar-refractivity contribution in [3.63, 3.8) is 0 Å². The zero-order chi connectivity index (χ0) is 8.91. The van der Waals surface area contributed by atoms with Crippen molar-refractivity contribution in [2.24, 2.45) is 5.41 Å². The van der Waals surface area contributed by atoms with Crippen LogP contribution in [0.3, 0.4) is 0 Å². The number of rotatable bonds is 4. The van der Waals surface area contributed by atoms with E-state index in [0.29, 0.717) is 6.54 Å². The van der Waals surface area contributed by atoms with Gasteiger partial charge in [0.05, 0.1) is 5.41 Å². The molecule has 0 aliphatic heterocycles. The lowest BCUT2D eigenvalue weighted by atomic mass is 9.91. The highest BCUT2D eigenvalue weighted by atomic mass is 16.7. The van der Waals surface area contributed by atoms with Crippen LogP contribution in [0, 0.1) is 5.41 Å². The van der Waals surface area contributed by atoms with Crippen LogP contribution in [0.4, 0.5) is 0 Å². The largest absolute Gasteiger partial charge is 0.370 e. The van der Waals surface area contributed by atoms with Gasteiger partial charge in [-0.2, -0.15) is 5.48 Å². The Hall–Kier alpha value is -0.570. The first-order valence-corrected chi connectivity index (χ1v) is 3.98. The molecule has 0 saturated heterocycles. The van der Waals surface area contributed by atoms with E-state index in [9.17, 15) is 4.79 Å². The van der Waals surface area contributed by atoms with E-state index in [4.69, 9.17) is 4.84 Å². The average Bonchev–Trinajstić information content (AvgIpc) is 2.00. The summed E-state index contributed by atoms with van der Waals surface area (Å²) in [4.78, 5) is 15.9. The summed E-state index contributed by atoms with van der Waals surface area (Å²) < 4.78 is 0. The lowest BCUT2D eigenvalue weighted by Gasteiger charge is -2.19. The van der Waals surface area contributed by atoms with Crippen LogP contribution in [-0.4, -0.2) is 12.5 Å². The quantitative estimate of drug-likeness (QED) is 0.631. The fourth-order valence-corrected chi connectivity index (χ4v) is 0.420. The van der Waals surface area contributed by atoms with Gasteiger partial charge in [0.2, 0.25) is 0 Å². The van der Waals surface area contributed by atoms with Crippen molar-refractivity contribution in [2.75, 3.05) is 6.54 Å². The second-order valence-electron chi connectivity index (χ2n) is 3.12. The first-order chi connectivity index (χ1) is 5.04. The Morgan fingerprint density at radius 1 is 1.45 bits per heavy atom. The molecule has 0 aromatic heterocycles. The van der Waals surface area contributed by atoms with E-state index in [1.54, 1.807) is 0 Å². The van der Waals surface area contributed by atoms with Crippen molar-refractivity contribution in [1.29, 1.82) is 0 Å². The van der Waals surface area contributed by atoms with Gasteiger partial charge in [0.25, 0.3) is 0 Å². The minimum absolute atomic E-state index is 0.193. The highest BCUT2D eigenvalue weighted by Gasteiger charge is 2.27. The van der Waals surface area contributed by atoms with Crippen LogP contribution >= 0.6 is 0 Å². The number of hydrogen-bond acceptors (Lipinski definition) is 3. The van der Waals surface area contributed by atoms with Gasteiger partial charge in [-0.1, -0.05) is 6.92 Å². The molecule has 0 rings (SSSR count). The second-order valence-corrected chi connectivity index (χ2v) is 3.12. The molecule has 0 atom stereocenters. The van der Waals surface area contributed by atoms with E-state index in [0.717, 1.165) is 6.42 Å². The third-order valence-electron chi connectivity index (χ3n) is 1.75. The zero-order valence-corrected chi connectivity index (χ0v) is 7.73. The van der Waals surface area contributed by atoms with Gasteiger partial charge >= 0.3 is 5.97 Å². The SMILES string of the molecule is CCNOC(=O)C(C)(C)CC. The highest BCUT2D eigenvalue weighted by Crippen LogP contribution is 2.20. The van der Waals surface area contributed by atoms with Crippen LogP contribution in [0.15, 0.2) is 0 Å². The molecule has 0 aromatic carbocycles. The zero-order valence-electron chi connectivity index (χ0n) is 7.73. The second kappa shape index (κ2) is 4.34. The fraction of sp³-hybridized carbons (Fsp3) is 0.875. The molecule has 0 heterocycles. The minimum Gasteiger partial charge on any atom is -0.370 e. The van der Waals surface area contributed by atoms with Gasteiger partial charge in [-0.05, 0) is 27.2 Å². The summed E-state index contributed by atoms with van der Waals surface area (Å²) in [6.07, 6.45) is 0.789. The number of carbonyl (C=O) groups is 1. The van der Waals surface area contributed by atoms with Crippen LogP contribution < -0.4 is 5.48 Å². The van der Waals surface area contributed by atoms with Gasteiger partial charge in [-0.3, -0.25) is 0 Å². The molecule has 3 nitrogen and oxygen atoms in total. The minimum atomic E-state index is -0.373. The summed E-state index contributed by atoms with van der Waals surface area (Å²) in [7, 11) is 0. The lowest BCUT2D eigenvalue weighted by molar-refractivity contribution is -0.161. The van der Waals surface area contributed by atoms with Crippen LogP contribution in [0.1, 0.15) is 34.1 Å². The molecule has 0 aromatic rings. The molecule has 66 valence electrons. The molecular weight excluding hydrogens is 142 g/mol. The number of hydroxylamine groups is 1. The summed E-state index contributed by atoms with van der Waals surface area (Å²) in [6, 6.07) is 0. The molecule has 0 fully saturated rings. The van der Waals surface area contributed by atoms with Gasteiger partial charge in [-0.15, -0.1) is 0 Å². The predicted molar refractivity (Wildman–Crippen MR) is 43.8 cm³/mol. The molecule has 11 heavy (non-hydrogen) atoms. The molecular formula is C8H17NO2. The van der Waals surface area contributed by atoms with E-state index >= 15 is 0 Å². The van der Waals surface area contributed by atoms with Crippen LogP contribution in [-0.2, 0) is 9.63 Å². The van der Waals surface area contributed by atoms with Gasteiger partial charge in [0.15, 0.2) is 0 Å². The maximum atomic E-state index is 11.2. The topological polar surface area (TPSA) is 38.3 Å². The third-order valence-corrected chi connectivity index (χ3v) is 1.75. The van der Waals surface area contributed by atoms with Crippen molar-refractivity contribution < 1.29 is 9.63 Å². The maximum absolute atomic E-state index is 11.2. The van der Waals surface area contributed by atoms with E-state index < -0.39 is 0 Å². The molecule has 0 aliphatic carbocycles. The van der Waals surface area contributed by atoms with E-state index in [2.05, 4.69) is 5.48 Å². The Kier molecular flexibility index (Phi) is 4.11. The fourth-order valence-electron chi connectivity index (χ4n) is 0.420. The van der Waals surface area contributed by atoms with Gasteiger partial charge in [0, 0.05) is 6.54 Å². The Balaban J connectivity index is 3.82. The number of hydrogen-bond donors (Lipinski definition) is 1. The molecule has 0 saturated carbocycles. The number of carbonyl (C=O) groups excluding carboxylic acids is 1. The first kappa shape index (κ1) is 10.4. The molecule has 0 aliphatic rings. The number of nitrogens with one attached hydrogen (secondary N) is 1. The maximum Gasteiger partial charge on any atom is 0.330 e. The predicted octanol–water partition coefficient (Wildman–Crippen LogP) is 1.49. The molecule has 0 radical (unpaired) electrons. The summed E-state index contributed by atoms with van der Waals surface area (Å²) in [5, 5.41) is 0. The molecule has 3 heteroatoms. The molecule has 0 unspecified atom stereocenters. The normalized spacial score (nSPS) is 11.3. The van der Waals surface area contributed by atoms with E-state index in [1.807, 2.05) is 27.7 Å². The highest BCUT2D eigenvalue weighted by molar-refractivity contribution is 5.75. The van der Waals surface area contributed by atoms with Gasteiger partial charge in [-0.25, -0.2) is 4.79 Å². The molecule has 0 spiro atoms. The lowest BCUT2D eigenvalue weighted by Crippen LogP contribution is -2.31. The Morgan fingerprint density at radius 3 is 2.36 bits per heavy atom. The van der Waals surface area contributed by atoms with E-state index in [1.165, 1.54) is 0 Å². The molecule has 1 N–H and O–H groups in total. The monoisotopic (exact) mass is 159 g/mol. The van der Waals surface area contributed by atoms with Crippen LogP contribution in [0.25, 0.3) is 0 Å². The Labute approximate surface area is 68.1 Å². The van der Waals surface area contributed by atoms with Gasteiger partial charge in [0.1, 0.15) is 0 Å². The van der Waals surface area contributed by atoms with Crippen molar-refractivity contribution >= 4 is 5.97 Å². The third kappa shape index (κ3) is 3.37. The first-order valence-electron chi connectivity index (χ1n) is 3.98. The Bertz CT molecular complexity index is 132. The van der Waals surface area contributed by atoms with Crippen molar-refractivity contribution in [3.05, 3.63) is 0 Å². The smallest absolute Gasteiger partial charge is 0.330 e. The standard InChI is InChI=1S/C8H17NO2/c1-5-8(3,4)7(10)11-9-6-2/h9H,5-6H2,1-4H3. The summed E-state index contributed by atoms with van der Waals surface area (Å²) in [6.45, 7) is 8.23. The Morgan fingerprint density at radius 2 is 2.00 bits per heavy atom. The summed E-state index contributed by atoms with van der Waals surface area (Å²) in [5.74, 6) is -0.193. The van der Waals surface area contributed by atoms with Crippen molar-refractivity contribution in [1.82, 2.24) is 5.48 Å². The van der Waals surface area contributed by atoms with Gasteiger partial charge < -0.3 is 4.84 Å². The summed E-state index contributed by atoms with van der Waals surface area (Å²) in [5.41, 5.74) is 2.17. The van der Waals surface area contributed by atoms with Crippen molar-refractivity contribution in [3.8, 4) is 0 Å². The molecule has 0 bridgehead atoms. The van der Waals surface area contributed by atoms with Crippen LogP contribution in [0.5, 0.6) is 0 Å². The van der Waals surface area contributed by atoms with Crippen molar-refractivity contribution in [2.45, 2.75) is 34.1 Å². The van der Waals surface area contributed by atoms with Crippen LogP contribution in [0.2, 0.25) is 0 Å².